The maximum absolute atomic E-state index is 12.1. The van der Waals surface area contributed by atoms with Gasteiger partial charge in [-0.25, -0.2) is 4.98 Å². The highest BCUT2D eigenvalue weighted by atomic mass is 32.1. The lowest BCUT2D eigenvalue weighted by atomic mass is 10.2. The number of aromatic amines is 1. The summed E-state index contributed by atoms with van der Waals surface area (Å²) in [5.74, 6) is -0.442. The van der Waals surface area contributed by atoms with Crippen molar-refractivity contribution in [3.63, 3.8) is 0 Å². The van der Waals surface area contributed by atoms with Crippen LogP contribution in [0.3, 0.4) is 0 Å². The highest BCUT2D eigenvalue weighted by Gasteiger charge is 2.38. The second kappa shape index (κ2) is 3.99. The van der Waals surface area contributed by atoms with Crippen LogP contribution in [0.5, 0.6) is 0 Å². The van der Waals surface area contributed by atoms with Crippen molar-refractivity contribution in [3.05, 3.63) is 22.6 Å². The molecule has 1 aliphatic heterocycles. The number of carbonyl (C=O) groups excluding carboxylic acids is 2. The smallest absolute Gasteiger partial charge is 0.252 e. The van der Waals surface area contributed by atoms with E-state index in [2.05, 4.69) is 9.97 Å². The monoisotopic (exact) mass is 276 g/mol. The number of nitrogens with one attached hydrogen (secondary N) is 1. The lowest BCUT2D eigenvalue weighted by Gasteiger charge is -2.10. The number of fused-ring (bicyclic) bond motifs is 1. The van der Waals surface area contributed by atoms with Crippen LogP contribution < -0.4 is 0 Å². The number of rotatable bonds is 1. The Balaban J connectivity index is 2.21. The molecule has 0 aliphatic carbocycles. The van der Waals surface area contributed by atoms with Gasteiger partial charge in [0.25, 0.3) is 5.91 Å². The zero-order valence-electron chi connectivity index (χ0n) is 10.5. The van der Waals surface area contributed by atoms with E-state index in [0.29, 0.717) is 10.4 Å². The molecule has 2 amide bonds. The number of likely N-dealkylation sites (tertiary alicyclic amines) is 1. The molecule has 6 nitrogen and oxygen atoms in total. The largest absolute Gasteiger partial charge is 0.329 e. The standard InChI is InChI=1S/C12H12N4O2S/c1-6-3-7-10(13-5-6)16(12(19)14-7)8-4-9(17)15(2)11(8)18/h3,5,8H,4H2,1-2H3,(H,14,19). The SMILES string of the molecule is Cc1cnc2c(c1)[nH]c(=S)n2C1CC(=O)N(C)C1=O. The summed E-state index contributed by atoms with van der Waals surface area (Å²) in [5.41, 5.74) is 2.39. The number of H-pyrrole nitrogens is 1. The van der Waals surface area contributed by atoms with Crippen LogP contribution in [0.25, 0.3) is 11.2 Å². The van der Waals surface area contributed by atoms with Gasteiger partial charge in [-0.3, -0.25) is 19.1 Å². The molecule has 1 N–H and O–H groups in total. The quantitative estimate of drug-likeness (QED) is 0.630. The predicted molar refractivity (Wildman–Crippen MR) is 71.1 cm³/mol. The summed E-state index contributed by atoms with van der Waals surface area (Å²) < 4.78 is 2.04. The molecule has 1 atom stereocenters. The van der Waals surface area contributed by atoms with E-state index < -0.39 is 6.04 Å². The molecule has 0 saturated carbocycles. The molecule has 7 heteroatoms. The van der Waals surface area contributed by atoms with Gasteiger partial charge in [-0.2, -0.15) is 0 Å². The van der Waals surface area contributed by atoms with E-state index in [0.717, 1.165) is 16.0 Å². The molecule has 0 radical (unpaired) electrons. The van der Waals surface area contributed by atoms with Crippen molar-refractivity contribution in [2.75, 3.05) is 7.05 Å². The van der Waals surface area contributed by atoms with Crippen LogP contribution in [0, 0.1) is 11.7 Å². The van der Waals surface area contributed by atoms with E-state index in [1.807, 2.05) is 13.0 Å². The average molecular weight is 276 g/mol. The number of aryl methyl sites for hydroxylation is 1. The third kappa shape index (κ3) is 1.69. The number of hydrogen-bond acceptors (Lipinski definition) is 4. The van der Waals surface area contributed by atoms with Crippen LogP contribution in [0.15, 0.2) is 12.3 Å². The van der Waals surface area contributed by atoms with E-state index in [4.69, 9.17) is 12.2 Å². The second-order valence-electron chi connectivity index (χ2n) is 4.69. The molecular weight excluding hydrogens is 264 g/mol. The van der Waals surface area contributed by atoms with Gasteiger partial charge in [0.1, 0.15) is 6.04 Å². The van der Waals surface area contributed by atoms with Gasteiger partial charge in [0, 0.05) is 13.2 Å². The Hall–Kier alpha value is -2.02. The molecule has 3 heterocycles. The maximum Gasteiger partial charge on any atom is 0.252 e. The lowest BCUT2D eigenvalue weighted by molar-refractivity contribution is -0.137. The molecule has 2 aromatic rings. The third-order valence-corrected chi connectivity index (χ3v) is 3.66. The molecule has 0 spiro atoms. The normalized spacial score (nSPS) is 19.7. The van der Waals surface area contributed by atoms with E-state index in [-0.39, 0.29) is 18.2 Å². The highest BCUT2D eigenvalue weighted by molar-refractivity contribution is 7.71. The number of carbonyl (C=O) groups is 2. The minimum absolute atomic E-state index is 0.131. The van der Waals surface area contributed by atoms with Gasteiger partial charge in [0.05, 0.1) is 11.9 Å². The van der Waals surface area contributed by atoms with Gasteiger partial charge >= 0.3 is 0 Å². The van der Waals surface area contributed by atoms with E-state index in [1.165, 1.54) is 7.05 Å². The fraction of sp³-hybridized carbons (Fsp3) is 0.333. The molecule has 1 saturated heterocycles. The van der Waals surface area contributed by atoms with Crippen LogP contribution in [-0.2, 0) is 9.59 Å². The van der Waals surface area contributed by atoms with Crippen LogP contribution in [0.4, 0.5) is 0 Å². The van der Waals surface area contributed by atoms with Crippen LogP contribution in [0.2, 0.25) is 0 Å². The minimum atomic E-state index is -0.589. The van der Waals surface area contributed by atoms with Gasteiger partial charge < -0.3 is 4.98 Å². The average Bonchev–Trinajstić information content (AvgIpc) is 2.80. The van der Waals surface area contributed by atoms with Crippen LogP contribution >= 0.6 is 12.2 Å². The summed E-state index contributed by atoms with van der Waals surface area (Å²) >= 11 is 5.25. The number of pyridine rings is 1. The van der Waals surface area contributed by atoms with Gasteiger partial charge in [0.15, 0.2) is 10.4 Å². The van der Waals surface area contributed by atoms with Crippen molar-refractivity contribution >= 4 is 35.2 Å². The molecule has 2 aromatic heterocycles. The number of imidazole rings is 1. The topological polar surface area (TPSA) is 71.0 Å². The fourth-order valence-corrected chi connectivity index (χ4v) is 2.67. The summed E-state index contributed by atoms with van der Waals surface area (Å²) in [5, 5.41) is 0. The van der Waals surface area contributed by atoms with Crippen molar-refractivity contribution in [2.24, 2.45) is 0 Å². The molecule has 19 heavy (non-hydrogen) atoms. The molecule has 3 rings (SSSR count). The molecule has 98 valence electrons. The van der Waals surface area contributed by atoms with Crippen molar-refractivity contribution in [1.29, 1.82) is 0 Å². The van der Waals surface area contributed by atoms with Crippen molar-refractivity contribution in [2.45, 2.75) is 19.4 Å². The summed E-state index contributed by atoms with van der Waals surface area (Å²) in [6.07, 6.45) is 1.85. The van der Waals surface area contributed by atoms with Crippen molar-refractivity contribution in [1.82, 2.24) is 19.4 Å². The number of imide groups is 1. The summed E-state index contributed by atoms with van der Waals surface area (Å²) in [4.78, 5) is 32.2. The molecular formula is C12H12N4O2S. The summed E-state index contributed by atoms with van der Waals surface area (Å²) in [6.45, 7) is 1.93. The Kier molecular flexibility index (Phi) is 2.53. The number of nitrogens with zero attached hydrogens (tertiary/aromatic N) is 3. The molecule has 0 bridgehead atoms. The summed E-state index contributed by atoms with van der Waals surface area (Å²) in [6, 6.07) is 1.33. The van der Waals surface area contributed by atoms with Crippen LogP contribution in [0.1, 0.15) is 18.0 Å². The highest BCUT2D eigenvalue weighted by Crippen LogP contribution is 2.27. The Morgan fingerprint density at radius 2 is 2.21 bits per heavy atom. The van der Waals surface area contributed by atoms with E-state index in [1.54, 1.807) is 10.8 Å². The Morgan fingerprint density at radius 1 is 1.47 bits per heavy atom. The first-order valence-corrected chi connectivity index (χ1v) is 6.27. The van der Waals surface area contributed by atoms with E-state index in [9.17, 15) is 9.59 Å². The number of likely N-dealkylation sites (N-methyl/N-ethyl adjacent to an activating group) is 1. The van der Waals surface area contributed by atoms with Crippen molar-refractivity contribution in [3.8, 4) is 0 Å². The van der Waals surface area contributed by atoms with Crippen LogP contribution in [-0.4, -0.2) is 38.3 Å². The Bertz CT molecular complexity index is 761. The zero-order valence-corrected chi connectivity index (χ0v) is 11.3. The van der Waals surface area contributed by atoms with Gasteiger partial charge in [0.2, 0.25) is 5.91 Å². The first-order valence-electron chi connectivity index (χ1n) is 5.86. The Labute approximate surface area is 114 Å². The fourth-order valence-electron chi connectivity index (χ4n) is 2.34. The van der Waals surface area contributed by atoms with Gasteiger partial charge in [-0.1, -0.05) is 0 Å². The van der Waals surface area contributed by atoms with Gasteiger partial charge in [-0.05, 0) is 30.8 Å². The maximum atomic E-state index is 12.1. The number of amides is 2. The predicted octanol–water partition coefficient (Wildman–Crippen LogP) is 1.33. The first kappa shape index (κ1) is 12.0. The third-order valence-electron chi connectivity index (χ3n) is 3.36. The first-order chi connectivity index (χ1) is 8.99. The molecule has 1 fully saturated rings. The van der Waals surface area contributed by atoms with Crippen molar-refractivity contribution < 1.29 is 9.59 Å². The molecule has 1 unspecified atom stereocenters. The Morgan fingerprint density at radius 3 is 2.84 bits per heavy atom. The minimum Gasteiger partial charge on any atom is -0.329 e. The molecule has 1 aliphatic rings. The number of hydrogen-bond donors (Lipinski definition) is 1. The van der Waals surface area contributed by atoms with Gasteiger partial charge in [-0.15, -0.1) is 0 Å². The lowest BCUT2D eigenvalue weighted by Crippen LogP contribution is -2.27. The zero-order chi connectivity index (χ0) is 13.7. The summed E-state index contributed by atoms with van der Waals surface area (Å²) in [7, 11) is 1.49. The molecule has 0 aromatic carbocycles. The number of aromatic nitrogens is 3. The second-order valence-corrected chi connectivity index (χ2v) is 5.08. The van der Waals surface area contributed by atoms with E-state index >= 15 is 0 Å².